The van der Waals surface area contributed by atoms with Crippen molar-refractivity contribution in [3.63, 3.8) is 0 Å². The number of aliphatic imine (C=N–C) groups is 1. The number of aromatic amines is 1. The van der Waals surface area contributed by atoms with E-state index in [1.165, 1.54) is 6.07 Å². The molecule has 3 aromatic heterocycles. The van der Waals surface area contributed by atoms with Gasteiger partial charge < -0.3 is 15.6 Å². The molecular formula is C22H26FN7. The Morgan fingerprint density at radius 3 is 3.00 bits per heavy atom. The number of aromatic nitrogens is 4. The number of nitrogens with one attached hydrogen (secondary N) is 3. The number of H-pyrrole nitrogens is 1. The molecule has 0 unspecified atom stereocenters. The van der Waals surface area contributed by atoms with Crippen LogP contribution in [-0.2, 0) is 12.8 Å². The van der Waals surface area contributed by atoms with Gasteiger partial charge in [0.15, 0.2) is 11.6 Å². The van der Waals surface area contributed by atoms with Gasteiger partial charge in [0.25, 0.3) is 0 Å². The molecule has 0 aliphatic carbocycles. The first-order chi connectivity index (χ1) is 14.7. The zero-order valence-corrected chi connectivity index (χ0v) is 17.0. The minimum Gasteiger partial charge on any atom is -0.361 e. The van der Waals surface area contributed by atoms with Gasteiger partial charge >= 0.3 is 0 Å². The fraction of sp³-hybridized carbons (Fsp3) is 0.318. The smallest absolute Gasteiger partial charge is 0.191 e. The van der Waals surface area contributed by atoms with Gasteiger partial charge in [-0.05, 0) is 55.7 Å². The third kappa shape index (κ3) is 4.59. The Balaban J connectivity index is 1.29. The molecule has 0 saturated heterocycles. The van der Waals surface area contributed by atoms with E-state index in [1.807, 2.05) is 41.9 Å². The van der Waals surface area contributed by atoms with Gasteiger partial charge in [-0.1, -0.05) is 6.07 Å². The van der Waals surface area contributed by atoms with Crippen LogP contribution in [0.5, 0.6) is 0 Å². The Hall–Kier alpha value is -3.42. The van der Waals surface area contributed by atoms with Gasteiger partial charge in [-0.25, -0.2) is 4.39 Å². The molecule has 0 atom stereocenters. The van der Waals surface area contributed by atoms with Crippen LogP contribution in [0.2, 0.25) is 0 Å². The number of nitrogens with zero attached hydrogens (tertiary/aromatic N) is 4. The normalized spacial score (nSPS) is 12.0. The minimum atomic E-state index is -0.216. The maximum Gasteiger partial charge on any atom is 0.191 e. The Morgan fingerprint density at radius 1 is 1.17 bits per heavy atom. The molecule has 0 radical (unpaired) electrons. The number of hydrogen-bond acceptors (Lipinski definition) is 3. The summed E-state index contributed by atoms with van der Waals surface area (Å²) in [6.07, 6.45) is 6.40. The molecule has 0 aliphatic rings. The van der Waals surface area contributed by atoms with Gasteiger partial charge in [0.2, 0.25) is 0 Å². The average molecular weight is 407 g/mol. The van der Waals surface area contributed by atoms with Crippen molar-refractivity contribution < 1.29 is 4.39 Å². The molecule has 0 amide bonds. The number of rotatable bonds is 8. The van der Waals surface area contributed by atoms with E-state index in [4.69, 9.17) is 0 Å². The second-order valence-electron chi connectivity index (χ2n) is 7.09. The Morgan fingerprint density at radius 2 is 2.10 bits per heavy atom. The van der Waals surface area contributed by atoms with Crippen molar-refractivity contribution in [2.24, 2.45) is 4.99 Å². The fourth-order valence-corrected chi connectivity index (χ4v) is 3.50. The predicted molar refractivity (Wildman–Crippen MR) is 117 cm³/mol. The first kappa shape index (κ1) is 19.9. The topological polar surface area (TPSA) is 82.4 Å². The van der Waals surface area contributed by atoms with Crippen molar-refractivity contribution in [2.45, 2.75) is 26.2 Å². The van der Waals surface area contributed by atoms with E-state index in [9.17, 15) is 4.39 Å². The predicted octanol–water partition coefficient (Wildman–Crippen LogP) is 3.08. The summed E-state index contributed by atoms with van der Waals surface area (Å²) < 4.78 is 15.5. The molecule has 0 spiro atoms. The Kier molecular flexibility index (Phi) is 6.22. The van der Waals surface area contributed by atoms with Crippen LogP contribution >= 0.6 is 0 Å². The fourth-order valence-electron chi connectivity index (χ4n) is 3.50. The molecule has 4 rings (SSSR count). The van der Waals surface area contributed by atoms with Crippen LogP contribution in [0.1, 0.15) is 24.7 Å². The van der Waals surface area contributed by atoms with E-state index in [-0.39, 0.29) is 5.82 Å². The number of hydrogen-bond donors (Lipinski definition) is 3. The molecule has 8 heteroatoms. The van der Waals surface area contributed by atoms with Gasteiger partial charge in [-0.15, -0.1) is 10.2 Å². The number of guanidine groups is 1. The quantitative estimate of drug-likeness (QED) is 0.238. The third-order valence-corrected chi connectivity index (χ3v) is 4.97. The lowest BCUT2D eigenvalue weighted by Crippen LogP contribution is -2.38. The molecule has 0 fully saturated rings. The first-order valence-electron chi connectivity index (χ1n) is 10.3. The van der Waals surface area contributed by atoms with Gasteiger partial charge in [0, 0.05) is 49.4 Å². The van der Waals surface area contributed by atoms with Crippen molar-refractivity contribution in [1.82, 2.24) is 30.2 Å². The van der Waals surface area contributed by atoms with Crippen molar-refractivity contribution in [3.05, 3.63) is 66.0 Å². The summed E-state index contributed by atoms with van der Waals surface area (Å²) in [6.45, 7) is 4.24. The van der Waals surface area contributed by atoms with Crippen molar-refractivity contribution in [3.8, 4) is 0 Å². The molecule has 1 aromatic carbocycles. The van der Waals surface area contributed by atoms with Crippen LogP contribution in [0.15, 0.2) is 53.8 Å². The van der Waals surface area contributed by atoms with E-state index in [2.05, 4.69) is 30.8 Å². The van der Waals surface area contributed by atoms with Gasteiger partial charge in [0.1, 0.15) is 11.6 Å². The molecule has 7 nitrogen and oxygen atoms in total. The summed E-state index contributed by atoms with van der Waals surface area (Å²) in [6, 6.07) is 10.7. The molecule has 156 valence electrons. The molecule has 0 aliphatic heterocycles. The highest BCUT2D eigenvalue weighted by molar-refractivity contribution is 5.83. The van der Waals surface area contributed by atoms with Crippen molar-refractivity contribution >= 4 is 22.5 Å². The number of aryl methyl sites for hydroxylation is 1. The average Bonchev–Trinajstić information content (AvgIpc) is 3.35. The second kappa shape index (κ2) is 9.39. The van der Waals surface area contributed by atoms with Gasteiger partial charge in [-0.3, -0.25) is 9.39 Å². The highest BCUT2D eigenvalue weighted by Crippen LogP contribution is 2.19. The van der Waals surface area contributed by atoms with Crippen LogP contribution in [0.4, 0.5) is 4.39 Å². The molecule has 0 saturated carbocycles. The zero-order valence-electron chi connectivity index (χ0n) is 17.0. The number of benzene rings is 1. The highest BCUT2D eigenvalue weighted by atomic mass is 19.1. The van der Waals surface area contributed by atoms with Crippen LogP contribution in [0.25, 0.3) is 16.6 Å². The molecule has 3 N–H and O–H groups in total. The maximum atomic E-state index is 13.5. The summed E-state index contributed by atoms with van der Waals surface area (Å²) in [5, 5.41) is 16.0. The van der Waals surface area contributed by atoms with Gasteiger partial charge in [-0.2, -0.15) is 0 Å². The lowest BCUT2D eigenvalue weighted by atomic mass is 10.1. The summed E-state index contributed by atoms with van der Waals surface area (Å²) in [7, 11) is 0. The van der Waals surface area contributed by atoms with Crippen LogP contribution in [0.3, 0.4) is 0 Å². The monoisotopic (exact) mass is 407 g/mol. The van der Waals surface area contributed by atoms with E-state index >= 15 is 0 Å². The van der Waals surface area contributed by atoms with Crippen LogP contribution < -0.4 is 10.6 Å². The highest BCUT2D eigenvalue weighted by Gasteiger charge is 2.06. The lowest BCUT2D eigenvalue weighted by molar-refractivity contribution is 0.629. The second-order valence-corrected chi connectivity index (χ2v) is 7.09. The molecule has 30 heavy (non-hydrogen) atoms. The number of halogens is 1. The first-order valence-corrected chi connectivity index (χ1v) is 10.3. The number of fused-ring (bicyclic) bond motifs is 2. The van der Waals surface area contributed by atoms with E-state index in [1.54, 1.807) is 12.1 Å². The van der Waals surface area contributed by atoms with Crippen LogP contribution in [0, 0.1) is 5.82 Å². The van der Waals surface area contributed by atoms with Crippen LogP contribution in [-0.4, -0.2) is 45.2 Å². The summed E-state index contributed by atoms with van der Waals surface area (Å²) >= 11 is 0. The van der Waals surface area contributed by atoms with E-state index in [0.717, 1.165) is 59.7 Å². The number of pyridine rings is 1. The van der Waals surface area contributed by atoms with E-state index in [0.29, 0.717) is 13.1 Å². The van der Waals surface area contributed by atoms with Crippen molar-refractivity contribution in [1.29, 1.82) is 0 Å². The molecule has 3 heterocycles. The molecule has 4 aromatic rings. The third-order valence-electron chi connectivity index (χ3n) is 4.97. The van der Waals surface area contributed by atoms with E-state index < -0.39 is 0 Å². The lowest BCUT2D eigenvalue weighted by Gasteiger charge is -2.11. The minimum absolute atomic E-state index is 0.216. The SMILES string of the molecule is CCNC(=NCCCc1nnc2ccccn12)NCCc1c[nH]c2ccc(F)cc12. The standard InChI is InChI=1S/C22H26FN7/c1-2-24-22(25-11-5-7-21-29-28-20-6-3-4-13-30(20)21)26-12-10-16-15-27-19-9-8-17(23)14-18(16)19/h3-4,6,8-9,13-15,27H,2,5,7,10-12H2,1H3,(H2,24,25,26). The zero-order chi connectivity index (χ0) is 20.8. The molecular weight excluding hydrogens is 381 g/mol. The summed E-state index contributed by atoms with van der Waals surface area (Å²) in [4.78, 5) is 7.85. The molecule has 0 bridgehead atoms. The summed E-state index contributed by atoms with van der Waals surface area (Å²) in [5.41, 5.74) is 2.91. The largest absolute Gasteiger partial charge is 0.361 e. The Labute approximate surface area is 174 Å². The maximum absolute atomic E-state index is 13.5. The summed E-state index contributed by atoms with van der Waals surface area (Å²) in [5.74, 6) is 1.52. The van der Waals surface area contributed by atoms with Gasteiger partial charge in [0.05, 0.1) is 0 Å². The Bertz CT molecular complexity index is 1140. The van der Waals surface area contributed by atoms with Crippen molar-refractivity contribution in [2.75, 3.05) is 19.6 Å².